The van der Waals surface area contributed by atoms with Gasteiger partial charge in [-0.3, -0.25) is 0 Å². The van der Waals surface area contributed by atoms with E-state index in [-0.39, 0.29) is 6.10 Å². The Kier molecular flexibility index (Phi) is 2.69. The van der Waals surface area contributed by atoms with Crippen LogP contribution in [0.15, 0.2) is 36.4 Å². The molecule has 0 radical (unpaired) electrons. The van der Waals surface area contributed by atoms with Crippen LogP contribution in [0, 0.1) is 6.92 Å². The normalized spacial score (nSPS) is 26.4. The summed E-state index contributed by atoms with van der Waals surface area (Å²) in [6.07, 6.45) is 5.75. The van der Waals surface area contributed by atoms with Crippen LogP contribution in [0.3, 0.4) is 0 Å². The van der Waals surface area contributed by atoms with Crippen LogP contribution in [0.4, 0.5) is 0 Å². The van der Waals surface area contributed by atoms with Crippen molar-refractivity contribution in [3.05, 3.63) is 47.5 Å². The molecule has 1 aromatic rings. The molecule has 0 heterocycles. The average molecular weight is 188 g/mol. The fraction of sp³-hybridized carbons (Fsp3) is 0.385. The molecule has 0 aliphatic heterocycles. The van der Waals surface area contributed by atoms with Crippen LogP contribution in [0.5, 0.6) is 0 Å². The molecule has 0 aromatic heterocycles. The minimum Gasteiger partial charge on any atom is -0.389 e. The first-order valence-electron chi connectivity index (χ1n) is 5.18. The highest BCUT2D eigenvalue weighted by atomic mass is 16.3. The van der Waals surface area contributed by atoms with E-state index in [0.29, 0.717) is 5.92 Å². The maximum atomic E-state index is 9.33. The number of rotatable bonds is 1. The van der Waals surface area contributed by atoms with Gasteiger partial charge in [-0.1, -0.05) is 42.0 Å². The van der Waals surface area contributed by atoms with Gasteiger partial charge < -0.3 is 5.11 Å². The maximum Gasteiger partial charge on any atom is 0.0721 e. The molecule has 74 valence electrons. The number of aryl methyl sites for hydroxylation is 1. The fourth-order valence-corrected chi connectivity index (χ4v) is 1.90. The second-order valence-electron chi connectivity index (χ2n) is 4.05. The van der Waals surface area contributed by atoms with Gasteiger partial charge in [-0.25, -0.2) is 0 Å². The smallest absolute Gasteiger partial charge is 0.0721 e. The van der Waals surface area contributed by atoms with Crippen molar-refractivity contribution in [2.75, 3.05) is 0 Å². The third-order valence-corrected chi connectivity index (χ3v) is 2.84. The van der Waals surface area contributed by atoms with E-state index >= 15 is 0 Å². The number of hydrogen-bond donors (Lipinski definition) is 1. The predicted molar refractivity (Wildman–Crippen MR) is 58.3 cm³/mol. The number of hydrogen-bond acceptors (Lipinski definition) is 1. The molecule has 1 nitrogen and oxygen atoms in total. The SMILES string of the molecule is Cc1ccc([C@H]2C=C[C@H](O)CC2)cc1. The number of aliphatic hydroxyl groups is 1. The lowest BCUT2D eigenvalue weighted by atomic mass is 9.88. The van der Waals surface area contributed by atoms with Crippen LogP contribution < -0.4 is 0 Å². The van der Waals surface area contributed by atoms with E-state index in [1.165, 1.54) is 11.1 Å². The molecule has 14 heavy (non-hydrogen) atoms. The molecule has 0 spiro atoms. The second-order valence-corrected chi connectivity index (χ2v) is 4.05. The molecule has 0 fully saturated rings. The first-order valence-corrected chi connectivity index (χ1v) is 5.18. The van der Waals surface area contributed by atoms with E-state index in [1.54, 1.807) is 0 Å². The lowest BCUT2D eigenvalue weighted by Crippen LogP contribution is -2.10. The average Bonchev–Trinajstić information content (AvgIpc) is 2.21. The largest absolute Gasteiger partial charge is 0.389 e. The van der Waals surface area contributed by atoms with Crippen LogP contribution in [0.1, 0.15) is 29.9 Å². The van der Waals surface area contributed by atoms with Crippen LogP contribution in [0.25, 0.3) is 0 Å². The van der Waals surface area contributed by atoms with Gasteiger partial charge >= 0.3 is 0 Å². The van der Waals surface area contributed by atoms with Crippen molar-refractivity contribution in [1.82, 2.24) is 0 Å². The van der Waals surface area contributed by atoms with E-state index in [4.69, 9.17) is 0 Å². The summed E-state index contributed by atoms with van der Waals surface area (Å²) in [7, 11) is 0. The highest BCUT2D eigenvalue weighted by Gasteiger charge is 2.14. The van der Waals surface area contributed by atoms with Crippen LogP contribution in [-0.2, 0) is 0 Å². The Balaban J connectivity index is 2.16. The molecule has 1 aliphatic rings. The van der Waals surface area contributed by atoms with Gasteiger partial charge in [-0.05, 0) is 25.3 Å². The predicted octanol–water partition coefficient (Wildman–Crippen LogP) is 2.79. The summed E-state index contributed by atoms with van der Waals surface area (Å²) in [6, 6.07) is 8.66. The third kappa shape index (κ3) is 2.05. The maximum absolute atomic E-state index is 9.33. The van der Waals surface area contributed by atoms with Gasteiger partial charge in [0.15, 0.2) is 0 Å². The molecule has 0 unspecified atom stereocenters. The van der Waals surface area contributed by atoms with Crippen LogP contribution in [-0.4, -0.2) is 11.2 Å². The Labute approximate surface area is 85.1 Å². The van der Waals surface area contributed by atoms with Gasteiger partial charge in [-0.2, -0.15) is 0 Å². The highest BCUT2D eigenvalue weighted by Crippen LogP contribution is 2.27. The van der Waals surface area contributed by atoms with E-state index in [1.807, 2.05) is 6.08 Å². The van der Waals surface area contributed by atoms with Crippen LogP contribution >= 0.6 is 0 Å². The summed E-state index contributed by atoms with van der Waals surface area (Å²) in [4.78, 5) is 0. The summed E-state index contributed by atoms with van der Waals surface area (Å²) in [5.41, 5.74) is 2.66. The topological polar surface area (TPSA) is 20.2 Å². The first kappa shape index (κ1) is 9.47. The Bertz CT molecular complexity index is 324. The molecule has 0 saturated heterocycles. The zero-order valence-electron chi connectivity index (χ0n) is 8.48. The third-order valence-electron chi connectivity index (χ3n) is 2.84. The van der Waals surface area contributed by atoms with Crippen molar-refractivity contribution >= 4 is 0 Å². The Morgan fingerprint density at radius 1 is 1.07 bits per heavy atom. The highest BCUT2D eigenvalue weighted by molar-refractivity contribution is 5.28. The standard InChI is InChI=1S/C13H16O/c1-10-2-4-11(5-3-10)12-6-8-13(14)9-7-12/h2-6,8,12-14H,7,9H2,1H3/t12-,13-/m0/s1. The lowest BCUT2D eigenvalue weighted by molar-refractivity contribution is 0.201. The van der Waals surface area contributed by atoms with Gasteiger partial charge in [0.25, 0.3) is 0 Å². The first-order chi connectivity index (χ1) is 6.75. The monoisotopic (exact) mass is 188 g/mol. The van der Waals surface area contributed by atoms with Gasteiger partial charge in [0.05, 0.1) is 6.10 Å². The van der Waals surface area contributed by atoms with Gasteiger partial charge in [0.2, 0.25) is 0 Å². The summed E-state index contributed by atoms with van der Waals surface area (Å²) in [5.74, 6) is 0.499. The van der Waals surface area contributed by atoms with Crippen molar-refractivity contribution in [2.45, 2.75) is 31.8 Å². The van der Waals surface area contributed by atoms with Gasteiger partial charge in [0.1, 0.15) is 0 Å². The molecule has 1 heteroatoms. The molecular weight excluding hydrogens is 172 g/mol. The molecule has 2 atom stereocenters. The Hall–Kier alpha value is -1.08. The zero-order chi connectivity index (χ0) is 9.97. The number of benzene rings is 1. The quantitative estimate of drug-likeness (QED) is 0.672. The van der Waals surface area contributed by atoms with E-state index < -0.39 is 0 Å². The van der Waals surface area contributed by atoms with E-state index in [9.17, 15) is 5.11 Å². The van der Waals surface area contributed by atoms with Gasteiger partial charge in [0, 0.05) is 5.92 Å². The fourth-order valence-electron chi connectivity index (χ4n) is 1.90. The summed E-state index contributed by atoms with van der Waals surface area (Å²) < 4.78 is 0. The van der Waals surface area contributed by atoms with Crippen LogP contribution in [0.2, 0.25) is 0 Å². The van der Waals surface area contributed by atoms with Crippen molar-refractivity contribution < 1.29 is 5.11 Å². The van der Waals surface area contributed by atoms with E-state index in [2.05, 4.69) is 37.3 Å². The minimum absolute atomic E-state index is 0.225. The summed E-state index contributed by atoms with van der Waals surface area (Å²) in [5, 5.41) is 9.33. The number of aliphatic hydroxyl groups excluding tert-OH is 1. The van der Waals surface area contributed by atoms with Gasteiger partial charge in [-0.15, -0.1) is 0 Å². The Morgan fingerprint density at radius 2 is 1.79 bits per heavy atom. The lowest BCUT2D eigenvalue weighted by Gasteiger charge is -2.19. The number of allylic oxidation sites excluding steroid dienone is 1. The zero-order valence-corrected chi connectivity index (χ0v) is 8.48. The molecule has 2 rings (SSSR count). The molecule has 1 aromatic carbocycles. The van der Waals surface area contributed by atoms with Crippen molar-refractivity contribution in [2.24, 2.45) is 0 Å². The molecular formula is C13H16O. The summed E-state index contributed by atoms with van der Waals surface area (Å²) >= 11 is 0. The van der Waals surface area contributed by atoms with Crippen molar-refractivity contribution in [3.63, 3.8) is 0 Å². The Morgan fingerprint density at radius 3 is 2.36 bits per heavy atom. The molecule has 1 N–H and O–H groups in total. The van der Waals surface area contributed by atoms with E-state index in [0.717, 1.165) is 12.8 Å². The minimum atomic E-state index is -0.225. The van der Waals surface area contributed by atoms with Crippen molar-refractivity contribution in [1.29, 1.82) is 0 Å². The van der Waals surface area contributed by atoms with Crippen molar-refractivity contribution in [3.8, 4) is 0 Å². The molecule has 1 aliphatic carbocycles. The summed E-state index contributed by atoms with van der Waals surface area (Å²) in [6.45, 7) is 2.10. The molecule has 0 amide bonds. The molecule has 0 bridgehead atoms. The second kappa shape index (κ2) is 3.97. The molecule has 0 saturated carbocycles.